The van der Waals surface area contributed by atoms with Crippen LogP contribution >= 0.6 is 27.5 Å². The van der Waals surface area contributed by atoms with Crippen LogP contribution in [0.15, 0.2) is 34.8 Å². The fourth-order valence-corrected chi connectivity index (χ4v) is 3.02. The molecule has 0 aliphatic heterocycles. The predicted octanol–water partition coefficient (Wildman–Crippen LogP) is 4.75. The van der Waals surface area contributed by atoms with Crippen LogP contribution in [0.4, 0.5) is 0 Å². The van der Waals surface area contributed by atoms with Gasteiger partial charge in [0.1, 0.15) is 5.75 Å². The van der Waals surface area contributed by atoms with Gasteiger partial charge < -0.3 is 14.2 Å². The monoisotopic (exact) mass is 398 g/mol. The molecule has 0 aliphatic carbocycles. The number of hydrogen-bond donors (Lipinski definition) is 0. The Balaban J connectivity index is 2.45. The highest BCUT2D eigenvalue weighted by molar-refractivity contribution is 9.10. The van der Waals surface area contributed by atoms with Crippen molar-refractivity contribution in [2.75, 3.05) is 20.8 Å². The van der Waals surface area contributed by atoms with Crippen molar-refractivity contribution < 1.29 is 19.0 Å². The van der Waals surface area contributed by atoms with E-state index < -0.39 is 0 Å². The van der Waals surface area contributed by atoms with Crippen LogP contribution in [0.2, 0.25) is 5.02 Å². The number of benzene rings is 2. The molecule has 0 N–H and O–H groups in total. The van der Waals surface area contributed by atoms with E-state index in [2.05, 4.69) is 15.9 Å². The zero-order chi connectivity index (χ0) is 17.0. The van der Waals surface area contributed by atoms with Gasteiger partial charge in [0.25, 0.3) is 0 Å². The van der Waals surface area contributed by atoms with Gasteiger partial charge in [0.15, 0.2) is 17.3 Å². The lowest BCUT2D eigenvalue weighted by Gasteiger charge is -2.14. The van der Waals surface area contributed by atoms with Gasteiger partial charge in [-0.1, -0.05) is 11.6 Å². The molecule has 0 amide bonds. The van der Waals surface area contributed by atoms with Crippen LogP contribution in [0.25, 0.3) is 0 Å². The van der Waals surface area contributed by atoms with Crippen molar-refractivity contribution >= 4 is 33.3 Å². The summed E-state index contributed by atoms with van der Waals surface area (Å²) in [6.07, 6.45) is 0. The van der Waals surface area contributed by atoms with Gasteiger partial charge in [-0.2, -0.15) is 0 Å². The Morgan fingerprint density at radius 3 is 2.26 bits per heavy atom. The van der Waals surface area contributed by atoms with E-state index in [1.165, 1.54) is 14.2 Å². The fraction of sp³-hybridized carbons (Fsp3) is 0.235. The Kier molecular flexibility index (Phi) is 5.91. The van der Waals surface area contributed by atoms with Gasteiger partial charge >= 0.3 is 0 Å². The molecule has 23 heavy (non-hydrogen) atoms. The van der Waals surface area contributed by atoms with Crippen LogP contribution in [0, 0.1) is 0 Å². The topological polar surface area (TPSA) is 44.8 Å². The lowest BCUT2D eigenvalue weighted by Crippen LogP contribution is -2.05. The van der Waals surface area contributed by atoms with Gasteiger partial charge in [-0.15, -0.1) is 0 Å². The highest BCUT2D eigenvalue weighted by Crippen LogP contribution is 2.43. The number of ether oxygens (including phenoxy) is 3. The van der Waals surface area contributed by atoms with Crippen LogP contribution in [0.3, 0.4) is 0 Å². The van der Waals surface area contributed by atoms with Crippen molar-refractivity contribution in [3.8, 4) is 17.2 Å². The van der Waals surface area contributed by atoms with E-state index in [1.807, 2.05) is 6.92 Å². The Hall–Kier alpha value is -1.72. The fourth-order valence-electron chi connectivity index (χ4n) is 2.15. The molecule has 0 unspecified atom stereocenters. The third-order valence-corrected chi connectivity index (χ3v) is 4.17. The minimum atomic E-state index is -0.209. The number of hydrogen-bond acceptors (Lipinski definition) is 4. The molecule has 0 spiro atoms. The molecule has 0 bridgehead atoms. The summed E-state index contributed by atoms with van der Waals surface area (Å²) in [6.45, 7) is 2.47. The molecule has 6 heteroatoms. The lowest BCUT2D eigenvalue weighted by molar-refractivity contribution is 0.103. The van der Waals surface area contributed by atoms with E-state index in [1.54, 1.807) is 30.3 Å². The molecule has 2 aromatic carbocycles. The first-order chi connectivity index (χ1) is 11.0. The third kappa shape index (κ3) is 3.62. The minimum Gasteiger partial charge on any atom is -0.494 e. The Bertz CT molecular complexity index is 714. The average molecular weight is 400 g/mol. The van der Waals surface area contributed by atoms with Crippen LogP contribution < -0.4 is 14.2 Å². The summed E-state index contributed by atoms with van der Waals surface area (Å²) in [4.78, 5) is 12.7. The summed E-state index contributed by atoms with van der Waals surface area (Å²) in [7, 11) is 2.98. The molecule has 2 rings (SSSR count). The molecule has 0 fully saturated rings. The first kappa shape index (κ1) is 17.6. The molecule has 0 aromatic heterocycles. The maximum absolute atomic E-state index is 12.7. The van der Waals surface area contributed by atoms with Crippen molar-refractivity contribution in [2.24, 2.45) is 0 Å². The number of methoxy groups -OCH3 is 2. The van der Waals surface area contributed by atoms with Crippen LogP contribution in [-0.2, 0) is 0 Å². The maximum atomic E-state index is 12.7. The van der Waals surface area contributed by atoms with Crippen molar-refractivity contribution in [3.05, 3.63) is 51.0 Å². The highest BCUT2D eigenvalue weighted by atomic mass is 79.9. The zero-order valence-corrected chi connectivity index (χ0v) is 15.3. The molecule has 0 atom stereocenters. The molecule has 0 saturated heterocycles. The molecule has 4 nitrogen and oxygen atoms in total. The Labute approximate surface area is 148 Å². The minimum absolute atomic E-state index is 0.209. The van der Waals surface area contributed by atoms with Gasteiger partial charge in [0, 0.05) is 11.1 Å². The van der Waals surface area contributed by atoms with Gasteiger partial charge in [0.2, 0.25) is 0 Å². The molecule has 0 saturated carbocycles. The summed E-state index contributed by atoms with van der Waals surface area (Å²) in [5.41, 5.74) is 0.842. The number of carbonyl (C=O) groups is 1. The van der Waals surface area contributed by atoms with Gasteiger partial charge in [-0.25, -0.2) is 0 Å². The van der Waals surface area contributed by atoms with Gasteiger partial charge in [-0.3, -0.25) is 4.79 Å². The average Bonchev–Trinajstić information content (AvgIpc) is 2.56. The smallest absolute Gasteiger partial charge is 0.194 e. The Morgan fingerprint density at radius 2 is 1.74 bits per heavy atom. The SMILES string of the molecule is CCOc1ccc(C(=O)c2cc(Br)c(OC)c(OC)c2Cl)cc1. The van der Waals surface area contributed by atoms with E-state index in [0.717, 1.165) is 0 Å². The molecule has 0 radical (unpaired) electrons. The highest BCUT2D eigenvalue weighted by Gasteiger charge is 2.22. The first-order valence-corrected chi connectivity index (χ1v) is 8.08. The molecule has 122 valence electrons. The summed E-state index contributed by atoms with van der Waals surface area (Å²) in [5, 5.41) is 0.214. The lowest BCUT2D eigenvalue weighted by atomic mass is 10.0. The van der Waals surface area contributed by atoms with Crippen molar-refractivity contribution in [1.82, 2.24) is 0 Å². The van der Waals surface area contributed by atoms with Crippen molar-refractivity contribution in [1.29, 1.82) is 0 Å². The number of rotatable bonds is 6. The first-order valence-electron chi connectivity index (χ1n) is 6.91. The quantitative estimate of drug-likeness (QED) is 0.658. The second-order valence-corrected chi connectivity index (χ2v) is 5.81. The van der Waals surface area contributed by atoms with Gasteiger partial charge in [0.05, 0.1) is 30.3 Å². The van der Waals surface area contributed by atoms with E-state index in [-0.39, 0.29) is 10.8 Å². The van der Waals surface area contributed by atoms with E-state index in [9.17, 15) is 4.79 Å². The normalized spacial score (nSPS) is 10.3. The summed E-state index contributed by atoms with van der Waals surface area (Å²) >= 11 is 9.69. The summed E-state index contributed by atoms with van der Waals surface area (Å²) in [6, 6.07) is 8.53. The van der Waals surface area contributed by atoms with E-state index in [0.29, 0.717) is 39.5 Å². The zero-order valence-electron chi connectivity index (χ0n) is 13.0. The van der Waals surface area contributed by atoms with Crippen LogP contribution in [0.5, 0.6) is 17.2 Å². The predicted molar refractivity (Wildman–Crippen MR) is 93.3 cm³/mol. The van der Waals surface area contributed by atoms with Crippen LogP contribution in [-0.4, -0.2) is 26.6 Å². The standard InChI is InChI=1S/C17H16BrClO4/c1-4-23-11-7-5-10(6-8-11)15(20)12-9-13(18)16(21-2)17(22-3)14(12)19/h5-9H,4H2,1-3H3. The van der Waals surface area contributed by atoms with Crippen molar-refractivity contribution in [3.63, 3.8) is 0 Å². The summed E-state index contributed by atoms with van der Waals surface area (Å²) in [5.74, 6) is 1.27. The number of ketones is 1. The third-order valence-electron chi connectivity index (χ3n) is 3.21. The largest absolute Gasteiger partial charge is 0.494 e. The van der Waals surface area contributed by atoms with Crippen molar-refractivity contribution in [2.45, 2.75) is 6.92 Å². The van der Waals surface area contributed by atoms with E-state index in [4.69, 9.17) is 25.8 Å². The molecular weight excluding hydrogens is 384 g/mol. The molecule has 2 aromatic rings. The van der Waals surface area contributed by atoms with Gasteiger partial charge in [-0.05, 0) is 53.2 Å². The number of halogens is 2. The number of carbonyl (C=O) groups excluding carboxylic acids is 1. The van der Waals surface area contributed by atoms with E-state index >= 15 is 0 Å². The molecule has 0 heterocycles. The second kappa shape index (κ2) is 7.70. The summed E-state index contributed by atoms with van der Waals surface area (Å²) < 4.78 is 16.5. The Morgan fingerprint density at radius 1 is 1.13 bits per heavy atom. The molecular formula is C17H16BrClO4. The maximum Gasteiger partial charge on any atom is 0.194 e. The molecule has 0 aliphatic rings. The van der Waals surface area contributed by atoms with Crippen LogP contribution in [0.1, 0.15) is 22.8 Å². The second-order valence-electron chi connectivity index (χ2n) is 4.57.